The van der Waals surface area contributed by atoms with E-state index >= 15 is 4.39 Å². The van der Waals surface area contributed by atoms with Crippen LogP contribution in [0, 0.1) is 0 Å². The van der Waals surface area contributed by atoms with Crippen molar-refractivity contribution in [1.29, 1.82) is 0 Å². The van der Waals surface area contributed by atoms with Gasteiger partial charge in [0.15, 0.2) is 58.9 Å². The number of ether oxygens (including phenoxy) is 5. The number of aliphatic hydroxyl groups is 4. The van der Waals surface area contributed by atoms with Gasteiger partial charge in [-0.2, -0.15) is 18.8 Å². The third kappa shape index (κ3) is 13.0. The molecule has 13 heterocycles. The molecule has 21 atom stereocenters. The molecule has 8 aromatic heterocycles. The minimum atomic E-state index is -6.41. The number of H-pyrrole nitrogens is 2. The van der Waals surface area contributed by atoms with Gasteiger partial charge in [-0.15, -0.1) is 0 Å². The van der Waals surface area contributed by atoms with Crippen molar-refractivity contribution in [3.8, 4) is 0 Å². The van der Waals surface area contributed by atoms with E-state index in [1.165, 1.54) is 22.5 Å². The van der Waals surface area contributed by atoms with Gasteiger partial charge in [-0.1, -0.05) is 0 Å². The molecule has 8 aromatic rings. The topological polar surface area (TPSA) is 700 Å². The van der Waals surface area contributed by atoms with Gasteiger partial charge in [0.1, 0.15) is 90.3 Å². The molecule has 5 aliphatic rings. The summed E-state index contributed by atoms with van der Waals surface area (Å²) in [5.41, 5.74) is 18.6. The Balaban J connectivity index is 0.698. The third-order valence-electron chi connectivity index (χ3n) is 15.6. The molecular weight excluding hydrogens is 1420 g/mol. The van der Waals surface area contributed by atoms with Crippen LogP contribution in [0.4, 0.5) is 27.9 Å². The molecule has 0 aromatic carbocycles. The highest BCUT2D eigenvalue weighted by Gasteiger charge is 2.66. The average molecular weight is 1470 g/mol. The summed E-state index contributed by atoms with van der Waals surface area (Å²) in [6, 6.07) is 0. The second kappa shape index (κ2) is 25.1. The van der Waals surface area contributed by atoms with Gasteiger partial charge in [0.05, 0.1) is 59.1 Å². The molecule has 5 aliphatic heterocycles. The zero-order valence-corrected chi connectivity index (χ0v) is 53.0. The number of halogens is 1. The van der Waals surface area contributed by atoms with Crippen LogP contribution in [0.15, 0.2) is 47.6 Å². The van der Waals surface area contributed by atoms with Gasteiger partial charge in [0.2, 0.25) is 24.5 Å². The second-order valence-electron chi connectivity index (χ2n) is 21.9. The molecule has 0 amide bonds. The quantitative estimate of drug-likeness (QED) is 0.0198. The number of rotatable bonds is 24. The van der Waals surface area contributed by atoms with Crippen LogP contribution < -0.4 is 43.5 Å². The third-order valence-corrected chi connectivity index (χ3v) is 21.8. The fourth-order valence-electron chi connectivity index (χ4n) is 11.3. The maximum Gasteiger partial charge on any atom is 0.487 e. The van der Waals surface area contributed by atoms with E-state index in [2.05, 4.69) is 68.0 Å². The molecular formula is C42H52FN20O29P5. The maximum atomic E-state index is 17.1. The number of imidazole rings is 4. The first-order valence-electron chi connectivity index (χ1n) is 27.6. The molecule has 13 rings (SSSR count). The van der Waals surface area contributed by atoms with Crippen molar-refractivity contribution in [2.45, 2.75) is 97.7 Å². The lowest BCUT2D eigenvalue weighted by Crippen LogP contribution is -2.46. The van der Waals surface area contributed by atoms with Crippen molar-refractivity contribution < 1.29 is 136 Å². The van der Waals surface area contributed by atoms with E-state index in [4.69, 9.17) is 69.2 Å². The highest BCUT2D eigenvalue weighted by atomic mass is 31.3. The number of aromatic nitrogens is 16. The van der Waals surface area contributed by atoms with Crippen LogP contribution in [-0.2, 0) is 89.3 Å². The van der Waals surface area contributed by atoms with Crippen molar-refractivity contribution in [2.75, 3.05) is 56.0 Å². The Morgan fingerprint density at radius 1 is 0.619 bits per heavy atom. The number of nitrogens with two attached hydrogens (primary N) is 4. The highest BCUT2D eigenvalue weighted by Crippen LogP contribution is 2.67. The highest BCUT2D eigenvalue weighted by molar-refractivity contribution is 7.66. The van der Waals surface area contributed by atoms with Crippen LogP contribution in [0.25, 0.3) is 44.7 Å². The molecule has 9 unspecified atom stereocenters. The van der Waals surface area contributed by atoms with Crippen molar-refractivity contribution in [3.63, 3.8) is 0 Å². The van der Waals surface area contributed by atoms with Crippen molar-refractivity contribution >= 4 is 107 Å². The molecule has 49 nitrogen and oxygen atoms in total. The molecule has 526 valence electrons. The zero-order chi connectivity index (χ0) is 69.4. The lowest BCUT2D eigenvalue weighted by atomic mass is 10.0. The number of aromatic amines is 2. The van der Waals surface area contributed by atoms with Crippen LogP contribution >= 0.6 is 39.1 Å². The number of phosphoric acid groups is 5. The number of alkyl halides is 1. The Kier molecular flexibility index (Phi) is 17.8. The summed E-state index contributed by atoms with van der Waals surface area (Å²) in [4.78, 5) is 122. The number of fused-ring (bicyclic) bond motifs is 6. The van der Waals surface area contributed by atoms with Crippen LogP contribution in [0.3, 0.4) is 0 Å². The summed E-state index contributed by atoms with van der Waals surface area (Å²) in [7, 11) is -28.8. The van der Waals surface area contributed by atoms with Crippen LogP contribution in [0.5, 0.6) is 0 Å². The summed E-state index contributed by atoms with van der Waals surface area (Å²) in [5, 5.41) is 43.6. The number of phosphoric ester groups is 4. The Hall–Kier alpha value is -6.80. The maximum absolute atomic E-state index is 17.1. The van der Waals surface area contributed by atoms with Crippen LogP contribution in [0.1, 0.15) is 24.9 Å². The number of nitrogens with zero attached hydrogens (tertiary/aromatic N) is 14. The van der Waals surface area contributed by atoms with Gasteiger partial charge in [-0.05, 0) is 0 Å². The van der Waals surface area contributed by atoms with Gasteiger partial charge < -0.3 is 96.0 Å². The van der Waals surface area contributed by atoms with Gasteiger partial charge in [-0.25, -0.2) is 66.4 Å². The molecule has 0 saturated carbocycles. The van der Waals surface area contributed by atoms with Gasteiger partial charge >= 0.3 is 36.9 Å². The van der Waals surface area contributed by atoms with Crippen molar-refractivity contribution in [2.24, 2.45) is 7.05 Å². The van der Waals surface area contributed by atoms with Crippen LogP contribution in [-0.4, -0.2) is 219 Å². The number of anilines is 4. The molecule has 5 fully saturated rings. The van der Waals surface area contributed by atoms with Gasteiger partial charge in [0.25, 0.3) is 24.5 Å². The van der Waals surface area contributed by atoms with E-state index in [9.17, 15) is 77.3 Å². The second-order valence-corrected chi connectivity index (χ2v) is 29.3. The standard InChI is InChI=1S/C42H52FN20O29P5/c1-59-12-63(33-20(59)35(69)58-41(47)56-33)38-24(67)22(65)14(86-38)3-82-95(74,75)91-97(78,79)92-96(76,77)83-4-15-25(16(43)36(87-15)60-9-52-17-28(44)48-7-50-30(17)60)89-94(72,73)84-6-42-5-80-26(39(88-42)61-10-53-18-29(45)49-8-51-31(18)61)27(42)90-93(70,71)81-2-13-21(64)23(66)37(85-13)62-11-54-19-32(62)55-40(46)57-34(19)68/h7-16,21-27,36-39,64-67H,2-6H2,1H3,(H14-,44,45,46,47,48,49,50,51,55,56,57,58,68,69,70,71,72,73,74,75,76,77,78,79)/t13-,14-,15-,16+,21?,22+,23+,24?,25?,26+,27?,36-,37-,38-,39-,42-/m1/s1. The predicted octanol–water partition coefficient (Wildman–Crippen LogP) is -5.43. The number of aryl methyl sites for hydroxylation is 1. The molecule has 2 bridgehead atoms. The van der Waals surface area contributed by atoms with E-state index < -0.39 is 181 Å². The summed E-state index contributed by atoms with van der Waals surface area (Å²) < 4.78 is 159. The lowest BCUT2D eigenvalue weighted by molar-refractivity contribution is -0.646. The molecule has 18 N–H and O–H groups in total. The van der Waals surface area contributed by atoms with E-state index in [0.29, 0.717) is 0 Å². The van der Waals surface area contributed by atoms with Crippen molar-refractivity contribution in [1.82, 2.24) is 73.1 Å². The zero-order valence-electron chi connectivity index (χ0n) is 48.5. The van der Waals surface area contributed by atoms with Crippen molar-refractivity contribution in [3.05, 3.63) is 58.7 Å². The Labute approximate surface area is 534 Å². The fourth-order valence-corrected chi connectivity index (χ4v) is 16.8. The van der Waals surface area contributed by atoms with Gasteiger partial charge in [0, 0.05) is 0 Å². The molecule has 0 radical (unpaired) electrons. The fraction of sp³-hybridized carbons (Fsp3) is 0.524. The Bertz CT molecular complexity index is 4780. The Morgan fingerprint density at radius 2 is 1.13 bits per heavy atom. The van der Waals surface area contributed by atoms with E-state index in [-0.39, 0.29) is 68.2 Å². The largest absolute Gasteiger partial charge is 0.756 e. The Morgan fingerprint density at radius 3 is 1.76 bits per heavy atom. The molecule has 5 saturated heterocycles. The molecule has 97 heavy (non-hydrogen) atoms. The minimum Gasteiger partial charge on any atom is -0.756 e. The first-order valence-corrected chi connectivity index (χ1v) is 35.0. The molecule has 0 aliphatic carbocycles. The monoisotopic (exact) mass is 1470 g/mol. The summed E-state index contributed by atoms with van der Waals surface area (Å²) in [6.07, 6.45) is -22.1. The number of aliphatic hydroxyl groups excluding tert-OH is 4. The normalized spacial score (nSPS) is 32.1. The number of nitrogen functional groups attached to an aromatic ring is 4. The number of hydrogen-bond donors (Lipinski definition) is 14. The van der Waals surface area contributed by atoms with Gasteiger partial charge in [-0.3, -0.25) is 60.4 Å². The first kappa shape index (κ1) is 68.7. The predicted molar refractivity (Wildman–Crippen MR) is 304 cm³/mol. The molecule has 0 spiro atoms. The number of hydrogen-bond acceptors (Lipinski definition) is 38. The van der Waals surface area contributed by atoms with E-state index in [1.54, 1.807) is 0 Å². The summed E-state index contributed by atoms with van der Waals surface area (Å²) in [5.74, 6) is -1.02. The SMILES string of the molecule is C[n+]1cn([C@@H]2O[C@H](COP(=O)([O-])OP(=O)(O)OP(=O)(O)OC[C@H]3O[C@@H](n4cnc5c(N)ncnc54)[C@@H](F)C3OP(=O)(O)OC[C@]34CO[C@@H](C3OP(=O)(O)OC[C@H]3O[C@@H](n5cnc6c(=O)[nH]c(N)nc65)[C@@H](O)C3O)[C@H](n3cnc5c(N)ncnc53)O4)[C@H](O)C2O)c2nc(N)[nH]c(=O)c21. The lowest BCUT2D eigenvalue weighted by Gasteiger charge is -2.32. The first-order chi connectivity index (χ1) is 45.6. The van der Waals surface area contributed by atoms with E-state index in [1.807, 2.05) is 0 Å². The minimum absolute atomic E-state index is 0.00533. The van der Waals surface area contributed by atoms with Crippen LogP contribution in [0.2, 0.25) is 0 Å². The summed E-state index contributed by atoms with van der Waals surface area (Å²) >= 11 is 0. The number of nitrogens with one attached hydrogen (secondary N) is 2. The average Bonchev–Trinajstić information content (AvgIpc) is 1.52. The summed E-state index contributed by atoms with van der Waals surface area (Å²) in [6.45, 7) is -5.79. The smallest absolute Gasteiger partial charge is 0.487 e. The van der Waals surface area contributed by atoms with E-state index in [0.717, 1.165) is 45.3 Å². The molecule has 55 heteroatoms.